The van der Waals surface area contributed by atoms with Crippen molar-refractivity contribution < 1.29 is 13.2 Å². The fraction of sp³-hybridized carbons (Fsp3) is 0.846. The molecule has 0 aromatic carbocycles. The highest BCUT2D eigenvalue weighted by Gasteiger charge is 2.28. The van der Waals surface area contributed by atoms with Crippen LogP contribution in [0, 0.1) is 5.92 Å². The highest BCUT2D eigenvalue weighted by atomic mass is 32.2. The summed E-state index contributed by atoms with van der Waals surface area (Å²) in [6.07, 6.45) is 6.50. The van der Waals surface area contributed by atoms with Gasteiger partial charge in [-0.05, 0) is 32.1 Å². The number of carbonyl (C=O) groups excluding carboxylic acids is 1. The number of carbonyl (C=O) groups is 1. The Bertz CT molecular complexity index is 481. The summed E-state index contributed by atoms with van der Waals surface area (Å²) < 4.78 is 22.6. The van der Waals surface area contributed by atoms with Gasteiger partial charge in [-0.3, -0.25) is 0 Å². The van der Waals surface area contributed by atoms with Gasteiger partial charge in [0, 0.05) is 11.8 Å². The van der Waals surface area contributed by atoms with E-state index >= 15 is 0 Å². The van der Waals surface area contributed by atoms with Gasteiger partial charge in [0.25, 0.3) is 0 Å². The topological polar surface area (TPSA) is 87.6 Å². The number of hydrazone groups is 1. The Morgan fingerprint density at radius 2 is 1.85 bits per heavy atom. The van der Waals surface area contributed by atoms with Crippen molar-refractivity contribution in [2.24, 2.45) is 11.0 Å². The van der Waals surface area contributed by atoms with E-state index in [-0.39, 0.29) is 17.5 Å². The summed E-state index contributed by atoms with van der Waals surface area (Å²) in [5.41, 5.74) is 3.43. The molecule has 1 aliphatic heterocycles. The molecular formula is C13H23N3O3S. The zero-order chi connectivity index (χ0) is 14.6. The molecule has 20 heavy (non-hydrogen) atoms. The van der Waals surface area contributed by atoms with E-state index in [1.165, 1.54) is 19.3 Å². The number of nitrogens with one attached hydrogen (secondary N) is 2. The van der Waals surface area contributed by atoms with Gasteiger partial charge in [0.2, 0.25) is 0 Å². The van der Waals surface area contributed by atoms with E-state index in [9.17, 15) is 13.2 Å². The van der Waals surface area contributed by atoms with E-state index in [0.29, 0.717) is 12.3 Å². The molecule has 2 amide bonds. The van der Waals surface area contributed by atoms with Crippen molar-refractivity contribution in [1.29, 1.82) is 0 Å². The van der Waals surface area contributed by atoms with Crippen LogP contribution in [-0.2, 0) is 9.84 Å². The Hall–Kier alpha value is -1.11. The quantitative estimate of drug-likeness (QED) is 0.610. The normalized spacial score (nSPS) is 27.2. The first-order chi connectivity index (χ1) is 9.46. The van der Waals surface area contributed by atoms with Gasteiger partial charge in [0.15, 0.2) is 9.84 Å². The molecule has 7 heteroatoms. The van der Waals surface area contributed by atoms with Gasteiger partial charge in [-0.15, -0.1) is 0 Å². The fourth-order valence-corrected chi connectivity index (χ4v) is 4.55. The second-order valence-corrected chi connectivity index (χ2v) is 8.00. The molecule has 0 aromatic rings. The number of sulfone groups is 1. The fourth-order valence-electron chi connectivity index (χ4n) is 2.88. The molecule has 2 N–H and O–H groups in total. The minimum absolute atomic E-state index is 0.0335. The smallest absolute Gasteiger partial charge is 0.333 e. The van der Waals surface area contributed by atoms with Crippen molar-refractivity contribution in [3.63, 3.8) is 0 Å². The molecule has 0 unspecified atom stereocenters. The maximum atomic E-state index is 11.7. The summed E-state index contributed by atoms with van der Waals surface area (Å²) in [6.45, 7) is 1.94. The second kappa shape index (κ2) is 6.56. The van der Waals surface area contributed by atoms with Crippen LogP contribution in [0.5, 0.6) is 0 Å². The second-order valence-electron chi connectivity index (χ2n) is 5.77. The summed E-state index contributed by atoms with van der Waals surface area (Å²) in [5.74, 6) is 0.657. The minimum atomic E-state index is -2.97. The molecule has 1 saturated carbocycles. The molecule has 2 fully saturated rings. The van der Waals surface area contributed by atoms with Crippen LogP contribution in [0.2, 0.25) is 0 Å². The lowest BCUT2D eigenvalue weighted by atomic mass is 9.86. The van der Waals surface area contributed by atoms with Gasteiger partial charge in [-0.1, -0.05) is 19.3 Å². The van der Waals surface area contributed by atoms with E-state index in [2.05, 4.69) is 15.8 Å². The van der Waals surface area contributed by atoms with Crippen LogP contribution in [-0.4, -0.2) is 37.7 Å². The molecule has 1 aliphatic carbocycles. The van der Waals surface area contributed by atoms with Crippen molar-refractivity contribution in [2.45, 2.75) is 51.5 Å². The number of urea groups is 1. The van der Waals surface area contributed by atoms with Crippen molar-refractivity contribution in [3.8, 4) is 0 Å². The van der Waals surface area contributed by atoms with E-state index in [1.807, 2.05) is 6.92 Å². The predicted octanol–water partition coefficient (Wildman–Crippen LogP) is 1.43. The Labute approximate surface area is 120 Å². The molecule has 0 radical (unpaired) electrons. The SMILES string of the molecule is CC(=NNC(=O)N[C@H]1CCS(=O)(=O)C1)C1CCCCC1. The predicted molar refractivity (Wildman–Crippen MR) is 78.4 cm³/mol. The maximum absolute atomic E-state index is 11.7. The zero-order valence-electron chi connectivity index (χ0n) is 11.9. The molecule has 2 rings (SSSR count). The molecule has 1 atom stereocenters. The summed E-state index contributed by atoms with van der Waals surface area (Å²) in [7, 11) is -2.97. The summed E-state index contributed by atoms with van der Waals surface area (Å²) >= 11 is 0. The van der Waals surface area contributed by atoms with Crippen LogP contribution in [0.4, 0.5) is 4.79 Å². The molecule has 0 aromatic heterocycles. The van der Waals surface area contributed by atoms with Crippen LogP contribution in [0.1, 0.15) is 45.4 Å². The first-order valence-corrected chi connectivity index (χ1v) is 9.09. The number of rotatable bonds is 3. The lowest BCUT2D eigenvalue weighted by Crippen LogP contribution is -2.41. The molecule has 0 spiro atoms. The lowest BCUT2D eigenvalue weighted by Gasteiger charge is -2.21. The number of hydrogen-bond donors (Lipinski definition) is 2. The Balaban J connectivity index is 1.77. The van der Waals surface area contributed by atoms with Crippen molar-refractivity contribution in [3.05, 3.63) is 0 Å². The Morgan fingerprint density at radius 1 is 1.15 bits per heavy atom. The summed E-state index contributed by atoms with van der Waals surface area (Å²) in [4.78, 5) is 11.7. The first kappa shape index (κ1) is 15.3. The summed E-state index contributed by atoms with van der Waals surface area (Å²) in [6, 6.07) is -0.701. The standard InChI is InChI=1S/C13H23N3O3S/c1-10(11-5-3-2-4-6-11)15-16-13(17)14-12-7-8-20(18,19)9-12/h11-12H,2-9H2,1H3,(H2,14,16,17)/t12-/m0/s1. The number of hydrogen-bond acceptors (Lipinski definition) is 4. The average molecular weight is 301 g/mol. The molecule has 6 nitrogen and oxygen atoms in total. The van der Waals surface area contributed by atoms with E-state index in [1.54, 1.807) is 0 Å². The van der Waals surface area contributed by atoms with Crippen molar-refractivity contribution in [1.82, 2.24) is 10.7 Å². The lowest BCUT2D eigenvalue weighted by molar-refractivity contribution is 0.238. The van der Waals surface area contributed by atoms with Gasteiger partial charge in [-0.25, -0.2) is 18.6 Å². The third-order valence-corrected chi connectivity index (χ3v) is 5.87. The van der Waals surface area contributed by atoms with Gasteiger partial charge < -0.3 is 5.32 Å². The number of amides is 2. The molecule has 0 bridgehead atoms. The van der Waals surface area contributed by atoms with Gasteiger partial charge in [-0.2, -0.15) is 5.10 Å². The average Bonchev–Trinajstić information content (AvgIpc) is 2.76. The molecule has 1 saturated heterocycles. The highest BCUT2D eigenvalue weighted by molar-refractivity contribution is 7.91. The Kier molecular flexibility index (Phi) is 5.01. The van der Waals surface area contributed by atoms with Gasteiger partial charge >= 0.3 is 6.03 Å². The van der Waals surface area contributed by atoms with Gasteiger partial charge in [0.05, 0.1) is 11.5 Å². The van der Waals surface area contributed by atoms with Crippen LogP contribution >= 0.6 is 0 Å². The third kappa shape index (κ3) is 4.47. The van der Waals surface area contributed by atoms with Crippen LogP contribution in [0.3, 0.4) is 0 Å². The van der Waals surface area contributed by atoms with E-state index < -0.39 is 15.9 Å². The van der Waals surface area contributed by atoms with Crippen LogP contribution < -0.4 is 10.7 Å². The van der Waals surface area contributed by atoms with Crippen LogP contribution in [0.15, 0.2) is 5.10 Å². The molecule has 1 heterocycles. The Morgan fingerprint density at radius 3 is 2.45 bits per heavy atom. The van der Waals surface area contributed by atoms with Crippen LogP contribution in [0.25, 0.3) is 0 Å². The first-order valence-electron chi connectivity index (χ1n) is 7.27. The van der Waals surface area contributed by atoms with E-state index in [0.717, 1.165) is 18.6 Å². The zero-order valence-corrected chi connectivity index (χ0v) is 12.7. The molecule has 2 aliphatic rings. The minimum Gasteiger partial charge on any atom is -0.333 e. The highest BCUT2D eigenvalue weighted by Crippen LogP contribution is 2.24. The monoisotopic (exact) mass is 301 g/mol. The van der Waals surface area contributed by atoms with Crippen molar-refractivity contribution in [2.75, 3.05) is 11.5 Å². The molecular weight excluding hydrogens is 278 g/mol. The molecule has 114 valence electrons. The number of nitrogens with zero attached hydrogens (tertiary/aromatic N) is 1. The maximum Gasteiger partial charge on any atom is 0.335 e. The van der Waals surface area contributed by atoms with Gasteiger partial charge in [0.1, 0.15) is 0 Å². The van der Waals surface area contributed by atoms with Crippen molar-refractivity contribution >= 4 is 21.6 Å². The third-order valence-electron chi connectivity index (χ3n) is 4.10. The van der Waals surface area contributed by atoms with E-state index in [4.69, 9.17) is 0 Å². The largest absolute Gasteiger partial charge is 0.335 e. The summed E-state index contributed by atoms with van der Waals surface area (Å²) in [5, 5.41) is 6.79.